The fourth-order valence-corrected chi connectivity index (χ4v) is 3.32. The standard InChI is InChI=1S/C12H24S2.2BF4/c1-5-13(6-2)11-9-10-12-14(7-3)8-4;2*2-1(3,4)5/h9-12H,5-8H2,1-4H3;;/q+2;2*-1/b11-9+,12-10+;;. The van der Waals surface area contributed by atoms with E-state index >= 15 is 0 Å². The van der Waals surface area contributed by atoms with Gasteiger partial charge in [0.25, 0.3) is 0 Å². The zero-order chi connectivity index (χ0) is 19.8. The van der Waals surface area contributed by atoms with Gasteiger partial charge in [0.15, 0.2) is 0 Å². The Balaban J connectivity index is -0.000000361. The summed E-state index contributed by atoms with van der Waals surface area (Å²) >= 11 is 0. The van der Waals surface area contributed by atoms with E-state index in [1.807, 2.05) is 0 Å². The van der Waals surface area contributed by atoms with Crippen LogP contribution in [-0.2, 0) is 21.8 Å². The summed E-state index contributed by atoms with van der Waals surface area (Å²) in [5, 5.41) is 4.73. The summed E-state index contributed by atoms with van der Waals surface area (Å²) in [4.78, 5) is 0. The summed E-state index contributed by atoms with van der Waals surface area (Å²) in [6.45, 7) is 9.07. The first kappa shape index (κ1) is 28.5. The van der Waals surface area contributed by atoms with E-state index in [0.29, 0.717) is 21.8 Å². The van der Waals surface area contributed by atoms with Crippen LogP contribution in [0.4, 0.5) is 34.5 Å². The molecule has 146 valence electrons. The number of allylic oxidation sites excluding steroid dienone is 2. The fraction of sp³-hybridized carbons (Fsp3) is 0.667. The quantitative estimate of drug-likeness (QED) is 0.213. The minimum atomic E-state index is -6.00. The summed E-state index contributed by atoms with van der Waals surface area (Å²) in [5.41, 5.74) is 0. The average Bonchev–Trinajstić information content (AvgIpc) is 2.39. The first-order valence-corrected chi connectivity index (χ1v) is 10.5. The Labute approximate surface area is 145 Å². The van der Waals surface area contributed by atoms with Gasteiger partial charge in [0.1, 0.15) is 33.8 Å². The molecule has 0 radical (unpaired) electrons. The van der Waals surface area contributed by atoms with Gasteiger partial charge in [-0.1, -0.05) is 0 Å². The van der Waals surface area contributed by atoms with Crippen molar-refractivity contribution in [3.63, 3.8) is 0 Å². The predicted octanol–water partition coefficient (Wildman–Crippen LogP) is 5.93. The third-order valence-electron chi connectivity index (χ3n) is 2.14. The molecule has 0 amide bonds. The van der Waals surface area contributed by atoms with Gasteiger partial charge in [0.2, 0.25) is 0 Å². The smallest absolute Gasteiger partial charge is 0.418 e. The molecule has 0 heterocycles. The summed E-state index contributed by atoms with van der Waals surface area (Å²) in [5.74, 6) is 5.14. The highest BCUT2D eigenvalue weighted by Gasteiger charge is 2.21. The van der Waals surface area contributed by atoms with Crippen molar-refractivity contribution in [1.29, 1.82) is 0 Å². The highest BCUT2D eigenvalue weighted by molar-refractivity contribution is 7.99. The molecule has 0 unspecified atom stereocenters. The second-order valence-electron chi connectivity index (χ2n) is 3.88. The number of hydrogen-bond donors (Lipinski definition) is 0. The molecule has 12 heteroatoms. The van der Waals surface area contributed by atoms with Gasteiger partial charge in [-0.25, -0.2) is 0 Å². The van der Waals surface area contributed by atoms with Crippen LogP contribution >= 0.6 is 0 Å². The maximum atomic E-state index is 9.75. The van der Waals surface area contributed by atoms with Gasteiger partial charge in [-0.2, -0.15) is 0 Å². The van der Waals surface area contributed by atoms with Crippen LogP contribution in [0.25, 0.3) is 0 Å². The van der Waals surface area contributed by atoms with Crippen LogP contribution in [0.3, 0.4) is 0 Å². The Morgan fingerprint density at radius 3 is 0.833 bits per heavy atom. The molecular formula is C12H24B2F8S2. The summed E-state index contributed by atoms with van der Waals surface area (Å²) in [6, 6.07) is 0. The zero-order valence-corrected chi connectivity index (χ0v) is 15.8. The predicted molar refractivity (Wildman–Crippen MR) is 95.5 cm³/mol. The van der Waals surface area contributed by atoms with Gasteiger partial charge in [0.05, 0.1) is 0 Å². The van der Waals surface area contributed by atoms with Gasteiger partial charge in [-0.05, 0) is 39.8 Å². The topological polar surface area (TPSA) is 0 Å². The van der Waals surface area contributed by atoms with Crippen LogP contribution in [0.1, 0.15) is 27.7 Å². The Bertz CT molecular complexity index is 280. The molecule has 0 aliphatic rings. The Morgan fingerprint density at radius 1 is 0.542 bits per heavy atom. The maximum Gasteiger partial charge on any atom is 0.673 e. The van der Waals surface area contributed by atoms with Crippen LogP contribution in [-0.4, -0.2) is 37.5 Å². The average molecular weight is 406 g/mol. The van der Waals surface area contributed by atoms with E-state index in [9.17, 15) is 34.5 Å². The minimum Gasteiger partial charge on any atom is -0.418 e. The minimum absolute atomic E-state index is 0.514. The largest absolute Gasteiger partial charge is 0.673 e. The van der Waals surface area contributed by atoms with E-state index in [4.69, 9.17) is 0 Å². The molecule has 0 rings (SSSR count). The van der Waals surface area contributed by atoms with E-state index < -0.39 is 14.5 Å². The van der Waals surface area contributed by atoms with Crippen LogP contribution < -0.4 is 0 Å². The molecule has 0 aliphatic heterocycles. The monoisotopic (exact) mass is 406 g/mol. The molecule has 0 N–H and O–H groups in total. The van der Waals surface area contributed by atoms with E-state index in [1.165, 1.54) is 23.0 Å². The zero-order valence-electron chi connectivity index (χ0n) is 14.1. The molecular weight excluding hydrogens is 382 g/mol. The third-order valence-corrected chi connectivity index (χ3v) is 6.19. The molecule has 0 spiro atoms. The van der Waals surface area contributed by atoms with Crippen molar-refractivity contribution in [1.82, 2.24) is 0 Å². The first-order chi connectivity index (χ1) is 10.8. The van der Waals surface area contributed by atoms with E-state index in [-0.39, 0.29) is 0 Å². The van der Waals surface area contributed by atoms with Gasteiger partial charge in [-0.15, -0.1) is 0 Å². The van der Waals surface area contributed by atoms with E-state index in [2.05, 4.69) is 50.7 Å². The fourth-order valence-electron chi connectivity index (χ4n) is 1.11. The van der Waals surface area contributed by atoms with Gasteiger partial charge >= 0.3 is 14.5 Å². The number of hydrogen-bond acceptors (Lipinski definition) is 0. The van der Waals surface area contributed by atoms with Crippen LogP contribution in [0.15, 0.2) is 23.0 Å². The normalized spacial score (nSPS) is 12.4. The molecule has 24 heavy (non-hydrogen) atoms. The van der Waals surface area contributed by atoms with Crippen molar-refractivity contribution in [3.8, 4) is 0 Å². The van der Waals surface area contributed by atoms with Crippen molar-refractivity contribution >= 4 is 36.3 Å². The van der Waals surface area contributed by atoms with Crippen LogP contribution in [0, 0.1) is 0 Å². The molecule has 0 nitrogen and oxygen atoms in total. The van der Waals surface area contributed by atoms with Crippen molar-refractivity contribution in [2.75, 3.05) is 23.0 Å². The first-order valence-electron chi connectivity index (χ1n) is 7.20. The molecule has 0 atom stereocenters. The molecule has 0 aliphatic carbocycles. The molecule has 0 saturated carbocycles. The number of rotatable bonds is 7. The Hall–Kier alpha value is -0.250. The lowest BCUT2D eigenvalue weighted by Crippen LogP contribution is -2.03. The lowest BCUT2D eigenvalue weighted by atomic mass is 10.3. The molecule has 0 fully saturated rings. The van der Waals surface area contributed by atoms with Gasteiger partial charge in [-0.3, -0.25) is 0 Å². The van der Waals surface area contributed by atoms with Crippen molar-refractivity contribution < 1.29 is 34.5 Å². The Morgan fingerprint density at radius 2 is 0.708 bits per heavy atom. The third kappa shape index (κ3) is 43.0. The molecule has 0 bridgehead atoms. The lowest BCUT2D eigenvalue weighted by molar-refractivity contribution is 0.366. The summed E-state index contributed by atoms with van der Waals surface area (Å²) in [7, 11) is -11.0. The summed E-state index contributed by atoms with van der Waals surface area (Å²) in [6.07, 6.45) is 4.48. The highest BCUT2D eigenvalue weighted by atomic mass is 32.2. The Kier molecular flexibility index (Phi) is 19.3. The van der Waals surface area contributed by atoms with Crippen molar-refractivity contribution in [2.24, 2.45) is 0 Å². The van der Waals surface area contributed by atoms with E-state index in [1.54, 1.807) is 0 Å². The number of halogens is 8. The summed E-state index contributed by atoms with van der Waals surface area (Å²) < 4.78 is 78.0. The van der Waals surface area contributed by atoms with Gasteiger partial charge < -0.3 is 34.5 Å². The SMILES string of the molecule is CC[S+](/C=C/C=C/[S+](CC)CC)CC.F[B-](F)(F)F.F[B-](F)(F)F. The van der Waals surface area contributed by atoms with Gasteiger partial charge in [0, 0.05) is 21.8 Å². The van der Waals surface area contributed by atoms with Crippen molar-refractivity contribution in [2.45, 2.75) is 27.7 Å². The van der Waals surface area contributed by atoms with E-state index in [0.717, 1.165) is 0 Å². The molecule has 0 aromatic carbocycles. The molecule has 0 aromatic heterocycles. The van der Waals surface area contributed by atoms with Crippen LogP contribution in [0.5, 0.6) is 0 Å². The molecule has 0 aromatic rings. The maximum absolute atomic E-state index is 9.75. The second kappa shape index (κ2) is 16.2. The van der Waals surface area contributed by atoms with Crippen LogP contribution in [0.2, 0.25) is 0 Å². The molecule has 0 saturated heterocycles. The second-order valence-corrected chi connectivity index (χ2v) is 8.88. The highest BCUT2D eigenvalue weighted by Crippen LogP contribution is 2.07. The lowest BCUT2D eigenvalue weighted by Gasteiger charge is -1.94. The van der Waals surface area contributed by atoms with Crippen molar-refractivity contribution in [3.05, 3.63) is 23.0 Å².